The van der Waals surface area contributed by atoms with Crippen LogP contribution in [-0.4, -0.2) is 22.4 Å². The Kier molecular flexibility index (Phi) is 4.15. The molecular formula is C13H13F3N4O. The van der Waals surface area contributed by atoms with Crippen LogP contribution in [0.5, 0.6) is 0 Å². The zero-order valence-corrected chi connectivity index (χ0v) is 11.1. The first-order valence-electron chi connectivity index (χ1n) is 6.18. The van der Waals surface area contributed by atoms with Gasteiger partial charge >= 0.3 is 12.2 Å². The van der Waals surface area contributed by atoms with E-state index in [1.54, 1.807) is 19.2 Å². The van der Waals surface area contributed by atoms with Crippen molar-refractivity contribution in [2.45, 2.75) is 13.1 Å². The summed E-state index contributed by atoms with van der Waals surface area (Å²) in [6.07, 6.45) is -1.42. The number of hydrogen-bond donors (Lipinski definition) is 2. The van der Waals surface area contributed by atoms with Gasteiger partial charge in [-0.15, -0.1) is 0 Å². The van der Waals surface area contributed by atoms with Crippen LogP contribution in [0.4, 0.5) is 23.7 Å². The third-order valence-corrected chi connectivity index (χ3v) is 2.66. The van der Waals surface area contributed by atoms with Crippen LogP contribution in [0.15, 0.2) is 36.7 Å². The van der Waals surface area contributed by atoms with Gasteiger partial charge in [-0.05, 0) is 31.2 Å². The highest BCUT2D eigenvalue weighted by Crippen LogP contribution is 2.33. The summed E-state index contributed by atoms with van der Waals surface area (Å²) < 4.78 is 39.7. The van der Waals surface area contributed by atoms with Crippen LogP contribution in [0.25, 0.3) is 5.69 Å². The number of aromatic nitrogens is 2. The Morgan fingerprint density at radius 2 is 2.14 bits per heavy atom. The smallest absolute Gasteiger partial charge is 0.338 e. The highest BCUT2D eigenvalue weighted by atomic mass is 19.4. The predicted molar refractivity (Wildman–Crippen MR) is 71.3 cm³/mol. The lowest BCUT2D eigenvalue weighted by Crippen LogP contribution is -2.29. The van der Waals surface area contributed by atoms with Crippen molar-refractivity contribution in [1.29, 1.82) is 0 Å². The van der Waals surface area contributed by atoms with Crippen molar-refractivity contribution >= 4 is 11.7 Å². The van der Waals surface area contributed by atoms with Gasteiger partial charge in [0.2, 0.25) is 0 Å². The van der Waals surface area contributed by atoms with E-state index in [-0.39, 0.29) is 5.69 Å². The lowest BCUT2D eigenvalue weighted by atomic mass is 10.1. The second-order valence-electron chi connectivity index (χ2n) is 4.16. The van der Waals surface area contributed by atoms with E-state index in [1.165, 1.54) is 16.9 Å². The van der Waals surface area contributed by atoms with Gasteiger partial charge in [0.25, 0.3) is 0 Å². The third-order valence-electron chi connectivity index (χ3n) is 2.66. The summed E-state index contributed by atoms with van der Waals surface area (Å²) in [4.78, 5) is 11.6. The fraction of sp³-hybridized carbons (Fsp3) is 0.231. The minimum absolute atomic E-state index is 0.0273. The summed E-state index contributed by atoms with van der Waals surface area (Å²) >= 11 is 0. The minimum atomic E-state index is -4.49. The number of benzene rings is 1. The maximum Gasteiger partial charge on any atom is 0.416 e. The number of amides is 2. The molecule has 1 heterocycles. The molecule has 0 aliphatic heterocycles. The van der Waals surface area contributed by atoms with Crippen molar-refractivity contribution in [2.24, 2.45) is 0 Å². The van der Waals surface area contributed by atoms with E-state index >= 15 is 0 Å². The molecule has 0 saturated carbocycles. The largest absolute Gasteiger partial charge is 0.416 e. The molecule has 0 saturated heterocycles. The average Bonchev–Trinajstić information content (AvgIpc) is 2.91. The SMILES string of the molecule is CCNC(=O)Nc1cc(C(F)(F)F)ccc1-n1cccn1. The molecule has 0 unspecified atom stereocenters. The Balaban J connectivity index is 2.43. The second kappa shape index (κ2) is 5.86. The molecule has 21 heavy (non-hydrogen) atoms. The molecule has 5 nitrogen and oxygen atoms in total. The molecule has 0 aliphatic carbocycles. The quantitative estimate of drug-likeness (QED) is 0.915. The van der Waals surface area contributed by atoms with Gasteiger partial charge in [-0.2, -0.15) is 18.3 Å². The normalized spacial score (nSPS) is 11.2. The van der Waals surface area contributed by atoms with Crippen molar-refractivity contribution in [2.75, 3.05) is 11.9 Å². The molecule has 0 spiro atoms. The molecule has 0 atom stereocenters. The number of urea groups is 1. The van der Waals surface area contributed by atoms with E-state index in [9.17, 15) is 18.0 Å². The fourth-order valence-corrected chi connectivity index (χ4v) is 1.75. The van der Waals surface area contributed by atoms with E-state index < -0.39 is 17.8 Å². The van der Waals surface area contributed by atoms with Crippen LogP contribution in [0.1, 0.15) is 12.5 Å². The monoisotopic (exact) mass is 298 g/mol. The topological polar surface area (TPSA) is 59.0 Å². The number of nitrogens with zero attached hydrogens (tertiary/aromatic N) is 2. The van der Waals surface area contributed by atoms with Crippen LogP contribution in [0.2, 0.25) is 0 Å². The molecule has 1 aromatic heterocycles. The van der Waals surface area contributed by atoms with Crippen molar-refractivity contribution in [3.05, 3.63) is 42.2 Å². The first-order valence-corrected chi connectivity index (χ1v) is 6.18. The first-order chi connectivity index (χ1) is 9.91. The van der Waals surface area contributed by atoms with Gasteiger partial charge in [-0.1, -0.05) is 0 Å². The number of halogens is 3. The number of alkyl halides is 3. The molecule has 0 radical (unpaired) electrons. The molecular weight excluding hydrogens is 285 g/mol. The number of hydrogen-bond acceptors (Lipinski definition) is 2. The average molecular weight is 298 g/mol. The van der Waals surface area contributed by atoms with Crippen molar-refractivity contribution < 1.29 is 18.0 Å². The number of anilines is 1. The number of rotatable bonds is 3. The summed E-state index contributed by atoms with van der Waals surface area (Å²) in [6.45, 7) is 2.07. The van der Waals surface area contributed by atoms with Gasteiger partial charge < -0.3 is 10.6 Å². The van der Waals surface area contributed by atoms with Crippen LogP contribution < -0.4 is 10.6 Å². The summed E-state index contributed by atoms with van der Waals surface area (Å²) in [6, 6.07) is 4.14. The maximum atomic E-state index is 12.8. The van der Waals surface area contributed by atoms with Crippen LogP contribution >= 0.6 is 0 Å². The van der Waals surface area contributed by atoms with Crippen molar-refractivity contribution in [1.82, 2.24) is 15.1 Å². The molecule has 0 aliphatic rings. The van der Waals surface area contributed by atoms with Crippen molar-refractivity contribution in [3.63, 3.8) is 0 Å². The van der Waals surface area contributed by atoms with Gasteiger partial charge in [0, 0.05) is 18.9 Å². The standard InChI is InChI=1S/C13H13F3N4O/c1-2-17-12(21)19-10-8-9(13(14,15)16)4-5-11(10)20-7-3-6-18-20/h3-8H,2H2,1H3,(H2,17,19,21). The van der Waals surface area contributed by atoms with Gasteiger partial charge in [0.15, 0.2) is 0 Å². The van der Waals surface area contributed by atoms with Gasteiger partial charge in [0.05, 0.1) is 16.9 Å². The van der Waals surface area contributed by atoms with E-state index in [1.807, 2.05) is 0 Å². The molecule has 2 N–H and O–H groups in total. The molecule has 1 aromatic carbocycles. The summed E-state index contributed by atoms with van der Waals surface area (Å²) in [5, 5.41) is 8.82. The minimum Gasteiger partial charge on any atom is -0.338 e. The summed E-state index contributed by atoms with van der Waals surface area (Å²) in [5.74, 6) is 0. The van der Waals surface area contributed by atoms with Gasteiger partial charge in [0.1, 0.15) is 0 Å². The Morgan fingerprint density at radius 3 is 2.71 bits per heavy atom. The second-order valence-corrected chi connectivity index (χ2v) is 4.16. The molecule has 2 amide bonds. The predicted octanol–water partition coefficient (Wildman–Crippen LogP) is 3.03. The van der Waals surface area contributed by atoms with Crippen molar-refractivity contribution in [3.8, 4) is 5.69 Å². The number of carbonyl (C=O) groups excluding carboxylic acids is 1. The lowest BCUT2D eigenvalue weighted by molar-refractivity contribution is -0.137. The number of carbonyl (C=O) groups is 1. The maximum absolute atomic E-state index is 12.8. The molecule has 0 fully saturated rings. The molecule has 8 heteroatoms. The van der Waals surface area contributed by atoms with Crippen LogP contribution in [0.3, 0.4) is 0 Å². The van der Waals surface area contributed by atoms with Gasteiger partial charge in [-0.3, -0.25) is 0 Å². The summed E-state index contributed by atoms with van der Waals surface area (Å²) in [7, 11) is 0. The first kappa shape index (κ1) is 14.9. The Bertz CT molecular complexity index is 623. The Morgan fingerprint density at radius 1 is 1.38 bits per heavy atom. The zero-order valence-electron chi connectivity index (χ0n) is 11.1. The molecule has 0 bridgehead atoms. The lowest BCUT2D eigenvalue weighted by Gasteiger charge is -2.14. The van der Waals surface area contributed by atoms with E-state index in [4.69, 9.17) is 0 Å². The summed E-state index contributed by atoms with van der Waals surface area (Å²) in [5.41, 5.74) is -0.469. The fourth-order valence-electron chi connectivity index (χ4n) is 1.75. The van der Waals surface area contributed by atoms with E-state index in [2.05, 4.69) is 15.7 Å². The molecule has 112 valence electrons. The highest BCUT2D eigenvalue weighted by Gasteiger charge is 2.31. The highest BCUT2D eigenvalue weighted by molar-refractivity contribution is 5.91. The van der Waals surface area contributed by atoms with E-state index in [0.29, 0.717) is 12.2 Å². The molecule has 2 aromatic rings. The van der Waals surface area contributed by atoms with E-state index in [0.717, 1.165) is 12.1 Å². The van der Waals surface area contributed by atoms with Crippen LogP contribution in [-0.2, 0) is 6.18 Å². The van der Waals surface area contributed by atoms with Crippen LogP contribution in [0, 0.1) is 0 Å². The molecule has 2 rings (SSSR count). The Hall–Kier alpha value is -2.51. The zero-order chi connectivity index (χ0) is 15.5. The van der Waals surface area contributed by atoms with Gasteiger partial charge in [-0.25, -0.2) is 9.48 Å². The third kappa shape index (κ3) is 3.53. The Labute approximate surface area is 118 Å². The number of nitrogens with one attached hydrogen (secondary N) is 2.